The van der Waals surface area contributed by atoms with E-state index in [1.807, 2.05) is 0 Å². The van der Waals surface area contributed by atoms with Crippen LogP contribution in [0.15, 0.2) is 42.6 Å². The summed E-state index contributed by atoms with van der Waals surface area (Å²) in [6.07, 6.45) is 3.06. The van der Waals surface area contributed by atoms with E-state index < -0.39 is 47.2 Å². The van der Waals surface area contributed by atoms with Crippen molar-refractivity contribution in [2.45, 2.75) is 44.6 Å². The van der Waals surface area contributed by atoms with Gasteiger partial charge in [-0.1, -0.05) is 0 Å². The Morgan fingerprint density at radius 3 is 2.58 bits per heavy atom. The maximum Gasteiger partial charge on any atom is 0.387 e. The van der Waals surface area contributed by atoms with Gasteiger partial charge in [-0.25, -0.2) is 18.2 Å². The number of amides is 2. The molecule has 2 amide bonds. The van der Waals surface area contributed by atoms with E-state index in [0.717, 1.165) is 30.5 Å². The quantitative estimate of drug-likeness (QED) is 0.182. The van der Waals surface area contributed by atoms with Gasteiger partial charge in [0.15, 0.2) is 23.2 Å². The Morgan fingerprint density at radius 2 is 1.89 bits per heavy atom. The van der Waals surface area contributed by atoms with Crippen LogP contribution in [0.1, 0.15) is 52.9 Å². The van der Waals surface area contributed by atoms with E-state index in [9.17, 15) is 27.2 Å². The average Bonchev–Trinajstić information content (AvgIpc) is 3.77. The number of primary amides is 1. The zero-order valence-corrected chi connectivity index (χ0v) is 24.1. The highest BCUT2D eigenvalue weighted by Gasteiger charge is 2.45. The first-order valence-electron chi connectivity index (χ1n) is 14.1. The van der Waals surface area contributed by atoms with Gasteiger partial charge in [-0.05, 0) is 74.6 Å². The zero-order valence-electron chi connectivity index (χ0n) is 24.1. The Bertz CT molecular complexity index is 1870. The minimum Gasteiger partial charge on any atom is -0.489 e. The van der Waals surface area contributed by atoms with Crippen molar-refractivity contribution in [3.8, 4) is 22.8 Å². The van der Waals surface area contributed by atoms with E-state index in [1.165, 1.54) is 18.3 Å². The van der Waals surface area contributed by atoms with Crippen LogP contribution in [0.3, 0.4) is 0 Å². The fourth-order valence-electron chi connectivity index (χ4n) is 5.65. The molecule has 1 aliphatic heterocycles. The fourth-order valence-corrected chi connectivity index (χ4v) is 5.65. The number of hydrogen-bond donors (Lipinski definition) is 2. The molecule has 234 valence electrons. The second-order valence-electron chi connectivity index (χ2n) is 11.6. The fraction of sp³-hybridized carbons (Fsp3) is 0.312. The van der Waals surface area contributed by atoms with Gasteiger partial charge in [0, 0.05) is 46.4 Å². The summed E-state index contributed by atoms with van der Waals surface area (Å²) >= 11 is 0. The first kappa shape index (κ1) is 30.2. The van der Waals surface area contributed by atoms with Crippen LogP contribution in [-0.4, -0.2) is 41.5 Å². The van der Waals surface area contributed by atoms with Gasteiger partial charge in [-0.3, -0.25) is 14.6 Å². The monoisotopic (exact) mass is 626 g/mol. The molecule has 0 unspecified atom stereocenters. The topological polar surface area (TPSA) is 116 Å². The lowest BCUT2D eigenvalue weighted by Crippen LogP contribution is -2.40. The summed E-state index contributed by atoms with van der Waals surface area (Å²) in [5.74, 6) is -6.48. The molecule has 0 spiro atoms. The van der Waals surface area contributed by atoms with Crippen LogP contribution in [0.5, 0.6) is 11.5 Å². The van der Waals surface area contributed by atoms with Crippen LogP contribution in [0.25, 0.3) is 22.2 Å². The van der Waals surface area contributed by atoms with Crippen molar-refractivity contribution in [1.82, 2.24) is 15.3 Å². The van der Waals surface area contributed by atoms with E-state index in [-0.39, 0.29) is 52.9 Å². The number of nitrogens with two attached hydrogens (primary N) is 1. The van der Waals surface area contributed by atoms with Crippen LogP contribution in [0.2, 0.25) is 0 Å². The maximum atomic E-state index is 15.0. The van der Waals surface area contributed by atoms with Crippen molar-refractivity contribution in [1.29, 1.82) is 0 Å². The number of carbonyl (C=O) groups excluding carboxylic acids is 2. The molecule has 13 heteroatoms. The van der Waals surface area contributed by atoms with Gasteiger partial charge >= 0.3 is 6.61 Å². The van der Waals surface area contributed by atoms with Crippen molar-refractivity contribution in [3.05, 3.63) is 82.4 Å². The Kier molecular flexibility index (Phi) is 7.58. The largest absolute Gasteiger partial charge is 0.489 e. The van der Waals surface area contributed by atoms with Crippen LogP contribution in [-0.2, 0) is 10.2 Å². The van der Waals surface area contributed by atoms with Crippen LogP contribution in [0.4, 0.5) is 22.0 Å². The predicted octanol–water partition coefficient (Wildman–Crippen LogP) is 5.68. The molecule has 3 N–H and O–H groups in total. The first-order chi connectivity index (χ1) is 21.4. The summed E-state index contributed by atoms with van der Waals surface area (Å²) in [6, 6.07) is 7.81. The normalized spacial score (nSPS) is 18.0. The summed E-state index contributed by atoms with van der Waals surface area (Å²) < 4.78 is 79.9. The predicted molar refractivity (Wildman–Crippen MR) is 152 cm³/mol. The zero-order chi connectivity index (χ0) is 32.2. The Balaban J connectivity index is 1.38. The maximum absolute atomic E-state index is 15.0. The molecule has 0 bridgehead atoms. The summed E-state index contributed by atoms with van der Waals surface area (Å²) in [6.45, 7) is 0.0394. The van der Waals surface area contributed by atoms with E-state index in [2.05, 4.69) is 20.0 Å². The highest BCUT2D eigenvalue weighted by Crippen LogP contribution is 2.48. The van der Waals surface area contributed by atoms with Crippen LogP contribution >= 0.6 is 0 Å². The van der Waals surface area contributed by atoms with E-state index >= 15 is 4.39 Å². The molecule has 8 nitrogen and oxygen atoms in total. The molecular weight excluding hydrogens is 599 g/mol. The number of nitrogens with zero attached hydrogens (tertiary/aromatic N) is 2. The molecule has 2 atom stereocenters. The first-order valence-corrected chi connectivity index (χ1v) is 14.1. The number of hydrogen-bond acceptors (Lipinski definition) is 6. The number of nitrogens with one attached hydrogen (secondary N) is 1. The van der Waals surface area contributed by atoms with Gasteiger partial charge in [0.05, 0.1) is 0 Å². The average molecular weight is 627 g/mol. The number of aryl methyl sites for hydroxylation is 1. The third-order valence-corrected chi connectivity index (χ3v) is 8.34. The van der Waals surface area contributed by atoms with Gasteiger partial charge in [0.25, 0.3) is 5.91 Å². The molecule has 1 fully saturated rings. The second-order valence-corrected chi connectivity index (χ2v) is 11.6. The smallest absolute Gasteiger partial charge is 0.387 e. The molecule has 45 heavy (non-hydrogen) atoms. The van der Waals surface area contributed by atoms with E-state index in [1.54, 1.807) is 26.0 Å². The molecular formula is C32H27F5N4O4. The van der Waals surface area contributed by atoms with Crippen LogP contribution in [0, 0.1) is 30.3 Å². The Hall–Kier alpha value is -4.81. The molecule has 1 aliphatic carbocycles. The molecule has 3 heterocycles. The number of ether oxygens (including phenoxy) is 2. The lowest BCUT2D eigenvalue weighted by molar-refractivity contribution is -0.123. The van der Waals surface area contributed by atoms with E-state index in [0.29, 0.717) is 16.6 Å². The number of pyridine rings is 2. The van der Waals surface area contributed by atoms with Gasteiger partial charge in [0.2, 0.25) is 5.91 Å². The standard InChI is InChI=1S/C32H27F5N4O4/c1-14-7-16-8-17(9-23(45-31(36)37)26(16)39-11-14)29(42)40-12-19(15-3-4-15)22-10-20-28(44-13-32(20,2)30(38)43)27(41-22)18-5-6-21(33)25(35)24(18)34/h5-11,15,19,31H,3-4,12-13H2,1-2H3,(H2,38,43)(H,40,42)/t19-,32-/m0/s1. The second kappa shape index (κ2) is 11.3. The molecule has 0 saturated heterocycles. The molecule has 0 radical (unpaired) electrons. The molecule has 1 saturated carbocycles. The van der Waals surface area contributed by atoms with Gasteiger partial charge in [0.1, 0.15) is 29.0 Å². The molecule has 2 aromatic heterocycles. The SMILES string of the molecule is Cc1cnc2c(OC(F)F)cc(C(=O)NC[C@H](c3cc4c(c(-c5ccc(F)c(F)c5F)n3)OC[C@]4(C)C(N)=O)C3CC3)cc2c1. The summed E-state index contributed by atoms with van der Waals surface area (Å²) in [7, 11) is 0. The minimum absolute atomic E-state index is 0.0233. The third kappa shape index (κ3) is 5.51. The Morgan fingerprint density at radius 1 is 1.13 bits per heavy atom. The molecule has 2 aliphatic rings. The lowest BCUT2D eigenvalue weighted by Gasteiger charge is -2.22. The van der Waals surface area contributed by atoms with Crippen molar-refractivity contribution in [3.63, 3.8) is 0 Å². The minimum atomic E-state index is -3.14. The molecule has 4 aromatic rings. The molecule has 6 rings (SSSR count). The number of rotatable bonds is 9. The number of benzene rings is 2. The number of halogens is 5. The summed E-state index contributed by atoms with van der Waals surface area (Å²) in [4.78, 5) is 34.7. The lowest BCUT2D eigenvalue weighted by atomic mass is 9.82. The number of aromatic nitrogens is 2. The van der Waals surface area contributed by atoms with Crippen molar-refractivity contribution >= 4 is 22.7 Å². The number of carbonyl (C=O) groups is 2. The number of fused-ring (bicyclic) bond motifs is 2. The van der Waals surface area contributed by atoms with Crippen molar-refractivity contribution in [2.24, 2.45) is 11.7 Å². The summed E-state index contributed by atoms with van der Waals surface area (Å²) in [5, 5.41) is 3.26. The third-order valence-electron chi connectivity index (χ3n) is 8.34. The van der Waals surface area contributed by atoms with Crippen molar-refractivity contribution < 1.29 is 41.0 Å². The van der Waals surface area contributed by atoms with Gasteiger partial charge < -0.3 is 20.5 Å². The van der Waals surface area contributed by atoms with Gasteiger partial charge in [-0.2, -0.15) is 8.78 Å². The highest BCUT2D eigenvalue weighted by atomic mass is 19.3. The van der Waals surface area contributed by atoms with Crippen LogP contribution < -0.4 is 20.5 Å². The number of alkyl halides is 2. The highest BCUT2D eigenvalue weighted by molar-refractivity contribution is 6.00. The van der Waals surface area contributed by atoms with Gasteiger partial charge in [-0.15, -0.1) is 0 Å². The summed E-state index contributed by atoms with van der Waals surface area (Å²) in [5.41, 5.74) is 5.53. The van der Waals surface area contributed by atoms with Crippen molar-refractivity contribution in [2.75, 3.05) is 13.2 Å². The van der Waals surface area contributed by atoms with E-state index in [4.69, 9.17) is 10.5 Å². The Labute approximate surface area is 253 Å². The molecule has 2 aromatic carbocycles.